The molecule has 0 aliphatic carbocycles. The fourth-order valence-corrected chi connectivity index (χ4v) is 0.986. The van der Waals surface area contributed by atoms with Crippen LogP contribution in [0.15, 0.2) is 35.1 Å². The maximum absolute atomic E-state index is 10.4. The van der Waals surface area contributed by atoms with E-state index in [1.54, 1.807) is 30.3 Å². The van der Waals surface area contributed by atoms with Crippen molar-refractivity contribution in [3.63, 3.8) is 0 Å². The molecule has 1 heterocycles. The summed E-state index contributed by atoms with van der Waals surface area (Å²) in [6.07, 6.45) is 0. The number of hydrogen-bond acceptors (Lipinski definition) is 3. The second kappa shape index (κ2) is 5.80. The molecule has 0 saturated carbocycles. The van der Waals surface area contributed by atoms with Crippen LogP contribution in [0.3, 0.4) is 0 Å². The number of nitrogens with one attached hydrogen (secondary N) is 1. The van der Waals surface area contributed by atoms with Gasteiger partial charge in [-0.15, -0.1) is 4.68 Å². The van der Waals surface area contributed by atoms with Crippen LogP contribution in [0.1, 0.15) is 10.4 Å². The number of hydrogen-bond donors (Lipinski definition) is 2. The lowest BCUT2D eigenvalue weighted by atomic mass is 10.2. The van der Waals surface area contributed by atoms with Gasteiger partial charge >= 0.3 is 11.7 Å². The van der Waals surface area contributed by atoms with E-state index in [2.05, 4.69) is 10.3 Å². The van der Waals surface area contributed by atoms with E-state index in [9.17, 15) is 9.59 Å². The Morgan fingerprint density at radius 1 is 1.47 bits per heavy atom. The number of carboxylic acid groups (broad SMARTS) is 1. The molecule has 1 aromatic heterocycles. The summed E-state index contributed by atoms with van der Waals surface area (Å²) in [5.41, 5.74) is -0.00231. The summed E-state index contributed by atoms with van der Waals surface area (Å²) >= 11 is 5.27. The van der Waals surface area contributed by atoms with Gasteiger partial charge in [0, 0.05) is 0 Å². The lowest BCUT2D eigenvalue weighted by Gasteiger charge is -1.88. The van der Waals surface area contributed by atoms with Crippen molar-refractivity contribution in [2.75, 3.05) is 0 Å². The molecule has 0 aliphatic heterocycles. The van der Waals surface area contributed by atoms with Crippen molar-refractivity contribution in [3.05, 3.63) is 46.4 Å². The number of tetrazole rings is 1. The molecule has 17 heavy (non-hydrogen) atoms. The molecule has 2 aromatic rings. The van der Waals surface area contributed by atoms with Gasteiger partial charge in [-0.1, -0.05) is 23.3 Å². The highest BCUT2D eigenvalue weighted by Crippen LogP contribution is 1.96. The van der Waals surface area contributed by atoms with E-state index in [0.29, 0.717) is 5.56 Å². The number of carboxylic acids is 1. The maximum Gasteiger partial charge on any atom is 0.467 e. The Bertz CT molecular complexity index is 549. The van der Waals surface area contributed by atoms with Gasteiger partial charge in [0.25, 0.3) is 0 Å². The Morgan fingerprint density at radius 3 is 2.29 bits per heavy atom. The highest BCUT2D eigenvalue weighted by molar-refractivity contribution is 6.03. The molecule has 0 amide bonds. The smallest absolute Gasteiger partial charge is 0.467 e. The summed E-state index contributed by atoms with van der Waals surface area (Å²) < 4.78 is 2.02. The maximum atomic E-state index is 10.4. The minimum Gasteiger partial charge on any atom is -0.478 e. The van der Waals surface area contributed by atoms with Gasteiger partial charge in [-0.3, -0.25) is 0 Å². The number of carbonyl (C=O) groups is 1. The SMILES string of the molecule is Cn1c(=O)[nH]n[n+]1Cl.O=C(O)c1ccccc1. The highest BCUT2D eigenvalue weighted by atomic mass is 35.5. The molecule has 0 fully saturated rings. The molecule has 0 saturated heterocycles. The van der Waals surface area contributed by atoms with Crippen LogP contribution in [0.4, 0.5) is 0 Å². The molecular weight excluding hydrogens is 248 g/mol. The van der Waals surface area contributed by atoms with Crippen LogP contribution in [0.25, 0.3) is 0 Å². The summed E-state index contributed by atoms with van der Waals surface area (Å²) in [6, 6.07) is 8.30. The lowest BCUT2D eigenvalue weighted by molar-refractivity contribution is -0.677. The number of aromatic amines is 1. The monoisotopic (exact) mass is 257 g/mol. The molecule has 0 spiro atoms. The highest BCUT2D eigenvalue weighted by Gasteiger charge is 2.03. The fourth-order valence-electron chi connectivity index (χ4n) is 0.879. The molecular formula is C9H10ClN4O3+. The van der Waals surface area contributed by atoms with Gasteiger partial charge in [0.1, 0.15) is 5.21 Å². The Morgan fingerprint density at radius 2 is 2.06 bits per heavy atom. The summed E-state index contributed by atoms with van der Waals surface area (Å²) in [4.78, 5) is 20.6. The molecule has 0 aliphatic rings. The largest absolute Gasteiger partial charge is 0.478 e. The van der Waals surface area contributed by atoms with Gasteiger partial charge in [0.2, 0.25) is 0 Å². The molecule has 0 unspecified atom stereocenters. The van der Waals surface area contributed by atoms with Gasteiger partial charge in [-0.05, 0) is 12.1 Å². The lowest BCUT2D eigenvalue weighted by Crippen LogP contribution is -2.37. The van der Waals surface area contributed by atoms with Crippen LogP contribution in [0.2, 0.25) is 0 Å². The van der Waals surface area contributed by atoms with Crippen molar-refractivity contribution < 1.29 is 14.2 Å². The molecule has 7 nitrogen and oxygen atoms in total. The van der Waals surface area contributed by atoms with Gasteiger partial charge < -0.3 is 5.11 Å². The van der Waals surface area contributed by atoms with Gasteiger partial charge in [0.15, 0.2) is 11.8 Å². The van der Waals surface area contributed by atoms with E-state index in [4.69, 9.17) is 16.9 Å². The first-order valence-electron chi connectivity index (χ1n) is 4.51. The minimum absolute atomic E-state index is 0.331. The van der Waals surface area contributed by atoms with Gasteiger partial charge in [0.05, 0.1) is 16.9 Å². The Hall–Kier alpha value is -2.15. The van der Waals surface area contributed by atoms with Crippen LogP contribution >= 0.6 is 11.8 Å². The second-order valence-corrected chi connectivity index (χ2v) is 3.25. The Labute approximate surface area is 101 Å². The number of aromatic carboxylic acids is 1. The van der Waals surface area contributed by atoms with Gasteiger partial charge in [-0.25, -0.2) is 9.59 Å². The third-order valence-electron chi connectivity index (χ3n) is 1.79. The van der Waals surface area contributed by atoms with Crippen LogP contribution in [-0.2, 0) is 7.05 Å². The summed E-state index contributed by atoms with van der Waals surface area (Å²) in [5, 5.41) is 13.8. The Balaban J connectivity index is 0.000000171. The topological polar surface area (TPSA) is 91.9 Å². The van der Waals surface area contributed by atoms with E-state index in [-0.39, 0.29) is 5.69 Å². The van der Waals surface area contributed by atoms with Crippen LogP contribution in [0, 0.1) is 0 Å². The molecule has 0 bridgehead atoms. The van der Waals surface area contributed by atoms with E-state index >= 15 is 0 Å². The van der Waals surface area contributed by atoms with Crippen LogP contribution in [-0.4, -0.2) is 26.1 Å². The molecule has 1 aromatic carbocycles. The standard InChI is InChI=1S/C7H6O2.C2H3ClN4O/c8-7(9)6-4-2-1-3-5-6;1-6-2(8)4-5-7(6)3/h1-5H,(H,8,9);1H3/p+1. The number of aromatic nitrogens is 4. The zero-order valence-corrected chi connectivity index (χ0v) is 9.63. The third-order valence-corrected chi connectivity index (χ3v) is 2.09. The third kappa shape index (κ3) is 3.72. The van der Waals surface area contributed by atoms with Crippen molar-refractivity contribution in [3.8, 4) is 0 Å². The van der Waals surface area contributed by atoms with Crippen LogP contribution < -0.4 is 10.0 Å². The quantitative estimate of drug-likeness (QED) is 0.739. The van der Waals surface area contributed by atoms with Crippen molar-refractivity contribution in [2.24, 2.45) is 7.05 Å². The van der Waals surface area contributed by atoms with Crippen LogP contribution in [0.5, 0.6) is 0 Å². The summed E-state index contributed by atoms with van der Waals surface area (Å²) in [5.74, 6) is -0.879. The first-order valence-corrected chi connectivity index (χ1v) is 4.84. The van der Waals surface area contributed by atoms with Crippen molar-refractivity contribution in [1.29, 1.82) is 0 Å². The summed E-state index contributed by atoms with van der Waals surface area (Å²) in [6.45, 7) is 0. The van der Waals surface area contributed by atoms with E-state index in [0.717, 1.165) is 9.00 Å². The number of halogens is 1. The first kappa shape index (κ1) is 12.9. The van der Waals surface area contributed by atoms with E-state index in [1.807, 2.05) is 0 Å². The number of benzene rings is 1. The average Bonchev–Trinajstić information content (AvgIpc) is 2.62. The molecule has 0 atom stereocenters. The minimum atomic E-state index is -0.879. The predicted molar refractivity (Wildman–Crippen MR) is 58.7 cm³/mol. The average molecular weight is 258 g/mol. The van der Waals surface area contributed by atoms with Crippen molar-refractivity contribution >= 4 is 17.7 Å². The van der Waals surface area contributed by atoms with Crippen molar-refractivity contribution in [2.45, 2.75) is 0 Å². The number of nitrogens with zero attached hydrogens (tertiary/aromatic N) is 3. The first-order chi connectivity index (χ1) is 8.02. The predicted octanol–water partition coefficient (Wildman–Crippen LogP) is -0.217. The molecule has 2 N–H and O–H groups in total. The van der Waals surface area contributed by atoms with E-state index < -0.39 is 5.97 Å². The number of rotatable bonds is 1. The molecule has 0 radical (unpaired) electrons. The molecule has 8 heteroatoms. The van der Waals surface area contributed by atoms with E-state index in [1.165, 1.54) is 7.05 Å². The fraction of sp³-hybridized carbons (Fsp3) is 0.111. The second-order valence-electron chi connectivity index (χ2n) is 2.95. The zero-order valence-electron chi connectivity index (χ0n) is 8.87. The zero-order chi connectivity index (χ0) is 12.8. The number of H-pyrrole nitrogens is 1. The van der Waals surface area contributed by atoms with Gasteiger partial charge in [-0.2, -0.15) is 0 Å². The molecule has 90 valence electrons. The summed E-state index contributed by atoms with van der Waals surface area (Å²) in [7, 11) is 1.50. The Kier molecular flexibility index (Phi) is 4.41. The van der Waals surface area contributed by atoms with Crippen molar-refractivity contribution in [1.82, 2.24) is 15.0 Å². The normalized spacial score (nSPS) is 9.29. The molecule has 2 rings (SSSR count).